The fourth-order valence-electron chi connectivity index (χ4n) is 4.95. The second kappa shape index (κ2) is 12.8. The van der Waals surface area contributed by atoms with Crippen LogP contribution in [0.15, 0.2) is 97.2 Å². The van der Waals surface area contributed by atoms with Gasteiger partial charge in [-0.3, -0.25) is 4.79 Å². The highest BCUT2D eigenvalue weighted by Gasteiger charge is 2.41. The van der Waals surface area contributed by atoms with Gasteiger partial charge in [0, 0.05) is 27.5 Å². The second-order valence-electron chi connectivity index (χ2n) is 10.5. The van der Waals surface area contributed by atoms with Crippen molar-refractivity contribution in [3.8, 4) is 23.3 Å². The van der Waals surface area contributed by atoms with Gasteiger partial charge in [-0.15, -0.1) is 20.5 Å². The van der Waals surface area contributed by atoms with Crippen molar-refractivity contribution in [2.75, 3.05) is 10.6 Å². The quantitative estimate of drug-likeness (QED) is 0.107. The van der Waals surface area contributed by atoms with Crippen molar-refractivity contribution in [2.45, 2.75) is 5.92 Å². The lowest BCUT2D eigenvalue weighted by atomic mass is 9.91. The maximum atomic E-state index is 14.1. The van der Waals surface area contributed by atoms with Gasteiger partial charge in [0.25, 0.3) is 23.8 Å². The number of aromatic nitrogens is 4. The number of carbonyl (C=O) groups excluding carboxylic acids is 3. The first-order valence-corrected chi connectivity index (χ1v) is 15.1. The zero-order chi connectivity index (χ0) is 36.0. The molecule has 4 heterocycles. The molecule has 6 N–H and O–H groups in total. The number of carbonyl (C=O) groups is 3. The van der Waals surface area contributed by atoms with Crippen LogP contribution in [0.4, 0.5) is 32.9 Å². The normalized spacial score (nSPS) is 14.9. The number of aromatic hydroxyl groups is 4. The number of azo groups is 2. The van der Waals surface area contributed by atoms with E-state index in [2.05, 4.69) is 51.0 Å². The summed E-state index contributed by atoms with van der Waals surface area (Å²) in [5.41, 5.74) is -0.590. The standard InChI is InChI=1S/C30H18Cl2N12O7/c31-12-1-5-14(6-2-12)33-29(50)37-27-41-39-25-35-20(23(48)43(25)27)19(22(47)17-10-9-16(45)11-18(17)46)21-24(49)44-26(36-21)40-42-28(44)38-30(51)34-15-7-3-13(32)4-8-15/h1-11,19,45-46,48-49H,(H,33,50)(H,34,51). The van der Waals surface area contributed by atoms with E-state index < -0.39 is 64.6 Å². The number of Topliss-reactive ketones (excluding diaryl/α,β-unsaturated/α-hetero) is 1. The Balaban J connectivity index is 1.27. The fraction of sp³-hybridized carbons (Fsp3) is 0.0333. The maximum Gasteiger partial charge on any atom is 0.348 e. The van der Waals surface area contributed by atoms with Crippen molar-refractivity contribution in [1.29, 1.82) is 0 Å². The number of fused-ring (bicyclic) bond motifs is 2. The number of rotatable bonds is 6. The molecule has 2 aliphatic rings. The highest BCUT2D eigenvalue weighted by atomic mass is 35.5. The molecule has 0 radical (unpaired) electrons. The number of urea groups is 2. The van der Waals surface area contributed by atoms with E-state index in [1.165, 1.54) is 24.3 Å². The first kappa shape index (κ1) is 32.6. The molecule has 2 aliphatic heterocycles. The molecule has 0 spiro atoms. The van der Waals surface area contributed by atoms with Crippen LogP contribution in [0.25, 0.3) is 0 Å². The Morgan fingerprint density at radius 3 is 1.53 bits per heavy atom. The number of benzene rings is 3. The molecule has 0 fully saturated rings. The van der Waals surface area contributed by atoms with Gasteiger partial charge in [-0.05, 0) is 60.7 Å². The fourth-order valence-corrected chi connectivity index (χ4v) is 5.20. The molecule has 5 aromatic rings. The summed E-state index contributed by atoms with van der Waals surface area (Å²) in [6, 6.07) is 13.6. The SMILES string of the molecule is O=C(N=C1N=Nc2nc(C(C(=O)c3ccc(O)cc3O)c3nc4n(c3O)C(=NC(=O)Nc3ccc(Cl)cc3)N=N4)c(O)n21)Nc1ccc(Cl)cc1. The molecular formula is C30H18Cl2N12O7. The summed E-state index contributed by atoms with van der Waals surface area (Å²) in [6.45, 7) is 0. The van der Waals surface area contributed by atoms with E-state index >= 15 is 0 Å². The van der Waals surface area contributed by atoms with Gasteiger partial charge in [0.15, 0.2) is 5.78 Å². The lowest BCUT2D eigenvalue weighted by Gasteiger charge is -2.14. The van der Waals surface area contributed by atoms with Crippen LogP contribution >= 0.6 is 23.2 Å². The third kappa shape index (κ3) is 6.20. The zero-order valence-corrected chi connectivity index (χ0v) is 26.7. The predicted molar refractivity (Wildman–Crippen MR) is 179 cm³/mol. The van der Waals surface area contributed by atoms with Gasteiger partial charge in [0.1, 0.15) is 28.8 Å². The summed E-state index contributed by atoms with van der Waals surface area (Å²) in [4.78, 5) is 55.6. The maximum absolute atomic E-state index is 14.1. The van der Waals surface area contributed by atoms with Crippen molar-refractivity contribution < 1.29 is 34.8 Å². The molecule has 51 heavy (non-hydrogen) atoms. The number of ketones is 1. The minimum atomic E-state index is -1.81. The molecular weight excluding hydrogens is 711 g/mol. The first-order chi connectivity index (χ1) is 24.5. The summed E-state index contributed by atoms with van der Waals surface area (Å²) in [5, 5.41) is 64.3. The summed E-state index contributed by atoms with van der Waals surface area (Å²) in [5.74, 6) is -6.83. The molecule has 0 saturated heterocycles. The molecule has 0 saturated carbocycles. The summed E-state index contributed by atoms with van der Waals surface area (Å²) in [6.07, 6.45) is 0. The van der Waals surface area contributed by atoms with E-state index in [4.69, 9.17) is 23.2 Å². The van der Waals surface area contributed by atoms with E-state index in [1.54, 1.807) is 24.3 Å². The number of nitrogens with zero attached hydrogens (tertiary/aromatic N) is 10. The molecule has 254 valence electrons. The molecule has 2 aromatic heterocycles. The highest BCUT2D eigenvalue weighted by molar-refractivity contribution is 6.31. The van der Waals surface area contributed by atoms with E-state index in [1.807, 2.05) is 0 Å². The number of nitrogens with one attached hydrogen (secondary N) is 2. The Bertz CT molecular complexity index is 2260. The molecule has 0 unspecified atom stereocenters. The number of imidazole rings is 2. The third-order valence-corrected chi connectivity index (χ3v) is 7.73. The monoisotopic (exact) mass is 728 g/mol. The summed E-state index contributed by atoms with van der Waals surface area (Å²) >= 11 is 11.8. The Hall–Kier alpha value is -6.99. The molecule has 4 amide bonds. The van der Waals surface area contributed by atoms with Crippen molar-refractivity contribution in [2.24, 2.45) is 30.4 Å². The first-order valence-electron chi connectivity index (χ1n) is 14.3. The average molecular weight is 729 g/mol. The van der Waals surface area contributed by atoms with Gasteiger partial charge in [0.2, 0.25) is 11.8 Å². The Morgan fingerprint density at radius 2 is 1.10 bits per heavy atom. The second-order valence-corrected chi connectivity index (χ2v) is 11.4. The smallest absolute Gasteiger partial charge is 0.348 e. The lowest BCUT2D eigenvalue weighted by molar-refractivity contribution is 0.0966. The number of phenols is 2. The van der Waals surface area contributed by atoms with Crippen LogP contribution < -0.4 is 10.6 Å². The predicted octanol–water partition coefficient (Wildman–Crippen LogP) is 6.29. The van der Waals surface area contributed by atoms with E-state index in [-0.39, 0.29) is 23.2 Å². The van der Waals surface area contributed by atoms with Gasteiger partial charge >= 0.3 is 12.1 Å². The molecule has 7 rings (SSSR count). The summed E-state index contributed by atoms with van der Waals surface area (Å²) in [7, 11) is 0. The number of halogens is 2. The Morgan fingerprint density at radius 1 is 0.647 bits per heavy atom. The molecule has 21 heteroatoms. The number of hydrogen-bond acceptors (Lipinski definition) is 11. The van der Waals surface area contributed by atoms with Gasteiger partial charge in [-0.25, -0.2) is 28.7 Å². The number of amides is 4. The van der Waals surface area contributed by atoms with Crippen molar-refractivity contribution in [3.05, 3.63) is 93.7 Å². The Labute approximate surface area is 293 Å². The lowest BCUT2D eigenvalue weighted by Crippen LogP contribution is -2.18. The van der Waals surface area contributed by atoms with Gasteiger partial charge in [0.05, 0.1) is 5.56 Å². The molecule has 0 bridgehead atoms. The van der Waals surface area contributed by atoms with Crippen molar-refractivity contribution >= 4 is 76.2 Å². The highest BCUT2D eigenvalue weighted by Crippen LogP contribution is 2.44. The van der Waals surface area contributed by atoms with Crippen molar-refractivity contribution in [1.82, 2.24) is 19.1 Å². The van der Waals surface area contributed by atoms with E-state index in [9.17, 15) is 34.8 Å². The van der Waals surface area contributed by atoms with Crippen LogP contribution in [0, 0.1) is 0 Å². The van der Waals surface area contributed by atoms with Crippen LogP contribution in [0.1, 0.15) is 27.7 Å². The minimum absolute atomic E-state index is 0.305. The van der Waals surface area contributed by atoms with Gasteiger partial charge in [-0.1, -0.05) is 23.2 Å². The van der Waals surface area contributed by atoms with Crippen LogP contribution in [-0.2, 0) is 0 Å². The Kier molecular flexibility index (Phi) is 8.17. The van der Waals surface area contributed by atoms with Gasteiger partial charge in [-0.2, -0.15) is 9.98 Å². The molecule has 19 nitrogen and oxygen atoms in total. The van der Waals surface area contributed by atoms with Crippen molar-refractivity contribution in [3.63, 3.8) is 0 Å². The average Bonchev–Trinajstić information content (AvgIpc) is 3.84. The van der Waals surface area contributed by atoms with Gasteiger partial charge < -0.3 is 31.1 Å². The van der Waals surface area contributed by atoms with E-state index in [0.717, 1.165) is 27.3 Å². The van der Waals surface area contributed by atoms with Crippen LogP contribution in [0.5, 0.6) is 23.3 Å². The number of anilines is 2. The summed E-state index contributed by atoms with van der Waals surface area (Å²) < 4.78 is 1.73. The number of aliphatic imine (C=N–C) groups is 2. The zero-order valence-electron chi connectivity index (χ0n) is 25.2. The molecule has 0 atom stereocenters. The topological polar surface area (TPSA) is 266 Å². The van der Waals surface area contributed by atoms with Crippen LogP contribution in [0.2, 0.25) is 10.0 Å². The van der Waals surface area contributed by atoms with Crippen LogP contribution in [0.3, 0.4) is 0 Å². The minimum Gasteiger partial charge on any atom is -0.508 e. The molecule has 3 aromatic carbocycles. The number of phenolic OH excluding ortho intramolecular Hbond substituents is 2. The largest absolute Gasteiger partial charge is 0.508 e. The number of hydrogen-bond donors (Lipinski definition) is 6. The molecule has 0 aliphatic carbocycles. The van der Waals surface area contributed by atoms with Crippen LogP contribution in [-0.4, -0.2) is 69.3 Å². The van der Waals surface area contributed by atoms with E-state index in [0.29, 0.717) is 21.4 Å². The third-order valence-electron chi connectivity index (χ3n) is 7.23.